The number of aromatic amines is 1. The van der Waals surface area contributed by atoms with Gasteiger partial charge in [0.15, 0.2) is 0 Å². The number of allylic oxidation sites excluding steroid dienone is 2. The van der Waals surface area contributed by atoms with Gasteiger partial charge in [0.25, 0.3) is 0 Å². The summed E-state index contributed by atoms with van der Waals surface area (Å²) in [5.41, 5.74) is 2.03. The highest BCUT2D eigenvalue weighted by Crippen LogP contribution is 2.24. The predicted molar refractivity (Wildman–Crippen MR) is 87.0 cm³/mol. The number of ether oxygens (including phenoxy) is 1. The summed E-state index contributed by atoms with van der Waals surface area (Å²) in [5, 5.41) is 0.887. The number of methoxy groups -OCH3 is 1. The Labute approximate surface area is 130 Å². The molecule has 0 radical (unpaired) electrons. The topological polar surface area (TPSA) is 59.2 Å². The summed E-state index contributed by atoms with van der Waals surface area (Å²) >= 11 is 0. The minimum atomic E-state index is -0.353. The van der Waals surface area contributed by atoms with E-state index >= 15 is 0 Å². The van der Waals surface area contributed by atoms with Gasteiger partial charge in [-0.2, -0.15) is 0 Å². The number of carbonyl (C=O) groups is 2. The lowest BCUT2D eigenvalue weighted by molar-refractivity contribution is -0.139. The van der Waals surface area contributed by atoms with Gasteiger partial charge in [-0.3, -0.25) is 9.59 Å². The minimum absolute atomic E-state index is 0.0877. The molecule has 0 amide bonds. The molecule has 0 aliphatic carbocycles. The van der Waals surface area contributed by atoms with Crippen LogP contribution in [0, 0.1) is 0 Å². The van der Waals surface area contributed by atoms with Crippen LogP contribution in [-0.2, 0) is 16.0 Å². The molecule has 22 heavy (non-hydrogen) atoms. The largest absolute Gasteiger partial charge is 0.469 e. The number of benzene rings is 1. The normalized spacial score (nSPS) is 11.2. The molecule has 0 bridgehead atoms. The van der Waals surface area contributed by atoms with Crippen molar-refractivity contribution < 1.29 is 14.3 Å². The van der Waals surface area contributed by atoms with E-state index in [1.807, 2.05) is 30.3 Å². The van der Waals surface area contributed by atoms with Gasteiger partial charge in [0.1, 0.15) is 0 Å². The number of unbranched alkanes of at least 4 members (excludes halogenated alkanes) is 2. The van der Waals surface area contributed by atoms with Crippen LogP contribution >= 0.6 is 0 Å². The van der Waals surface area contributed by atoms with Gasteiger partial charge in [-0.05, 0) is 24.1 Å². The minimum Gasteiger partial charge on any atom is -0.469 e. The Balaban J connectivity index is 2.35. The van der Waals surface area contributed by atoms with E-state index in [2.05, 4.69) is 11.9 Å². The average molecular weight is 299 g/mol. The fourth-order valence-electron chi connectivity index (χ4n) is 2.41. The molecule has 0 spiro atoms. The second kappa shape index (κ2) is 7.59. The summed E-state index contributed by atoms with van der Waals surface area (Å²) < 4.78 is 4.74. The number of para-hydroxylation sites is 1. The Morgan fingerprint density at radius 1 is 1.27 bits per heavy atom. The van der Waals surface area contributed by atoms with Gasteiger partial charge in [0.05, 0.1) is 19.2 Å². The van der Waals surface area contributed by atoms with Crippen LogP contribution in [0.15, 0.2) is 36.4 Å². The number of rotatable bonds is 7. The van der Waals surface area contributed by atoms with Crippen LogP contribution < -0.4 is 0 Å². The third kappa shape index (κ3) is 3.64. The molecule has 0 atom stereocenters. The Kier molecular flexibility index (Phi) is 5.53. The predicted octanol–water partition coefficient (Wildman–Crippen LogP) is 3.81. The van der Waals surface area contributed by atoms with Crippen molar-refractivity contribution in [2.45, 2.75) is 32.6 Å². The Hall–Kier alpha value is -2.36. The number of carbonyl (C=O) groups excluding carboxylic acids is 2. The van der Waals surface area contributed by atoms with Crippen LogP contribution in [0.4, 0.5) is 0 Å². The van der Waals surface area contributed by atoms with E-state index in [1.165, 1.54) is 7.11 Å². The lowest BCUT2D eigenvalue weighted by Gasteiger charge is -2.01. The van der Waals surface area contributed by atoms with E-state index in [1.54, 1.807) is 6.08 Å². The highest BCUT2D eigenvalue weighted by atomic mass is 16.5. The summed E-state index contributed by atoms with van der Waals surface area (Å²) in [6, 6.07) is 7.59. The van der Waals surface area contributed by atoms with E-state index in [4.69, 9.17) is 4.74 Å². The van der Waals surface area contributed by atoms with E-state index in [9.17, 15) is 9.59 Å². The smallest absolute Gasteiger partial charge is 0.310 e. The van der Waals surface area contributed by atoms with Gasteiger partial charge in [0, 0.05) is 10.9 Å². The molecule has 1 heterocycles. The van der Waals surface area contributed by atoms with Crippen molar-refractivity contribution in [3.63, 3.8) is 0 Å². The first-order valence-corrected chi connectivity index (χ1v) is 7.54. The first-order valence-electron chi connectivity index (χ1n) is 7.54. The van der Waals surface area contributed by atoms with E-state index in [0.717, 1.165) is 30.2 Å². The molecule has 1 N–H and O–H groups in total. The third-order valence-corrected chi connectivity index (χ3v) is 3.60. The van der Waals surface area contributed by atoms with Crippen molar-refractivity contribution in [2.75, 3.05) is 7.11 Å². The molecule has 0 saturated heterocycles. The van der Waals surface area contributed by atoms with Gasteiger partial charge < -0.3 is 9.72 Å². The number of hydrogen-bond acceptors (Lipinski definition) is 3. The molecule has 1 aromatic carbocycles. The SMILES string of the molecule is CCCC/C=C/C(=O)c1[nH]c2ccccc2c1CC(=O)OC. The molecule has 0 saturated carbocycles. The van der Waals surface area contributed by atoms with Crippen molar-refractivity contribution in [1.82, 2.24) is 4.98 Å². The zero-order chi connectivity index (χ0) is 15.9. The molecule has 0 aliphatic heterocycles. The van der Waals surface area contributed by atoms with Crippen molar-refractivity contribution in [1.29, 1.82) is 0 Å². The van der Waals surface area contributed by atoms with Gasteiger partial charge in [-0.25, -0.2) is 0 Å². The molecular formula is C18H21NO3. The van der Waals surface area contributed by atoms with Crippen LogP contribution in [0.1, 0.15) is 42.2 Å². The van der Waals surface area contributed by atoms with Crippen LogP contribution in [0.25, 0.3) is 10.9 Å². The summed E-state index contributed by atoms with van der Waals surface area (Å²) in [7, 11) is 1.35. The van der Waals surface area contributed by atoms with Crippen molar-refractivity contribution in [2.24, 2.45) is 0 Å². The summed E-state index contributed by atoms with van der Waals surface area (Å²) in [4.78, 5) is 27.2. The third-order valence-electron chi connectivity index (χ3n) is 3.60. The fraction of sp³-hybridized carbons (Fsp3) is 0.333. The highest BCUT2D eigenvalue weighted by Gasteiger charge is 2.18. The number of aromatic nitrogens is 1. The van der Waals surface area contributed by atoms with Crippen molar-refractivity contribution in [3.05, 3.63) is 47.7 Å². The maximum absolute atomic E-state index is 12.4. The molecule has 2 rings (SSSR count). The number of fused-ring (bicyclic) bond motifs is 1. The number of ketones is 1. The average Bonchev–Trinajstić information content (AvgIpc) is 2.90. The lowest BCUT2D eigenvalue weighted by atomic mass is 10.0. The van der Waals surface area contributed by atoms with Crippen LogP contribution in [0.5, 0.6) is 0 Å². The summed E-state index contributed by atoms with van der Waals surface area (Å²) in [5.74, 6) is -0.458. The van der Waals surface area contributed by atoms with E-state index in [0.29, 0.717) is 11.3 Å². The van der Waals surface area contributed by atoms with Gasteiger partial charge in [-0.1, -0.05) is 44.0 Å². The van der Waals surface area contributed by atoms with Crippen molar-refractivity contribution in [3.8, 4) is 0 Å². The second-order valence-corrected chi connectivity index (χ2v) is 5.19. The number of H-pyrrole nitrogens is 1. The van der Waals surface area contributed by atoms with Crippen molar-refractivity contribution >= 4 is 22.7 Å². The molecular weight excluding hydrogens is 278 g/mol. The summed E-state index contributed by atoms with van der Waals surface area (Å²) in [6.45, 7) is 2.11. The zero-order valence-electron chi connectivity index (χ0n) is 13.0. The first-order chi connectivity index (χ1) is 10.7. The summed E-state index contributed by atoms with van der Waals surface area (Å²) in [6.07, 6.45) is 6.60. The Morgan fingerprint density at radius 3 is 2.77 bits per heavy atom. The Bertz CT molecular complexity index is 697. The van der Waals surface area contributed by atoms with Crippen LogP contribution in [0.2, 0.25) is 0 Å². The molecule has 2 aromatic rings. The highest BCUT2D eigenvalue weighted by molar-refractivity contribution is 6.09. The molecule has 116 valence electrons. The molecule has 0 fully saturated rings. The Morgan fingerprint density at radius 2 is 2.05 bits per heavy atom. The van der Waals surface area contributed by atoms with Gasteiger partial charge in [-0.15, -0.1) is 0 Å². The number of nitrogens with one attached hydrogen (secondary N) is 1. The van der Waals surface area contributed by atoms with Gasteiger partial charge >= 0.3 is 5.97 Å². The van der Waals surface area contributed by atoms with E-state index < -0.39 is 0 Å². The molecule has 0 unspecified atom stereocenters. The quantitative estimate of drug-likeness (QED) is 0.366. The van der Waals surface area contributed by atoms with Crippen LogP contribution in [-0.4, -0.2) is 23.8 Å². The monoisotopic (exact) mass is 299 g/mol. The van der Waals surface area contributed by atoms with E-state index in [-0.39, 0.29) is 18.2 Å². The molecule has 1 aromatic heterocycles. The zero-order valence-corrected chi connectivity index (χ0v) is 13.0. The van der Waals surface area contributed by atoms with Gasteiger partial charge in [0.2, 0.25) is 5.78 Å². The lowest BCUT2D eigenvalue weighted by Crippen LogP contribution is -2.08. The first kappa shape index (κ1) is 16.0. The fourth-order valence-corrected chi connectivity index (χ4v) is 2.41. The van der Waals surface area contributed by atoms with Crippen LogP contribution in [0.3, 0.4) is 0 Å². The molecule has 4 heteroatoms. The maximum Gasteiger partial charge on any atom is 0.310 e. The standard InChI is InChI=1S/C18H21NO3/c1-3-4-5-6-11-16(20)18-14(12-17(21)22-2)13-9-7-8-10-15(13)19-18/h6-11,19H,3-5,12H2,1-2H3/b11-6+. The molecule has 0 aliphatic rings. The second-order valence-electron chi connectivity index (χ2n) is 5.19. The number of hydrogen-bond donors (Lipinski definition) is 1. The maximum atomic E-state index is 12.4. The molecule has 4 nitrogen and oxygen atoms in total. The number of esters is 1.